The summed E-state index contributed by atoms with van der Waals surface area (Å²) in [5, 5.41) is 2.66. The molecule has 0 spiro atoms. The Morgan fingerprint density at radius 1 is 1.21 bits per heavy atom. The summed E-state index contributed by atoms with van der Waals surface area (Å²) in [4.78, 5) is 11.8. The van der Waals surface area contributed by atoms with Crippen molar-refractivity contribution >= 4 is 5.91 Å². The molecule has 6 heteroatoms. The lowest BCUT2D eigenvalue weighted by atomic mass is 9.84. The summed E-state index contributed by atoms with van der Waals surface area (Å²) in [6.45, 7) is 6.59. The molecule has 1 amide bonds. The zero-order chi connectivity index (χ0) is 15.1. The van der Waals surface area contributed by atoms with E-state index in [-0.39, 0.29) is 36.8 Å². The molecule has 0 aromatic rings. The van der Waals surface area contributed by atoms with Gasteiger partial charge in [0.1, 0.15) is 0 Å². The van der Waals surface area contributed by atoms with Crippen molar-refractivity contribution in [1.29, 1.82) is 0 Å². The average Bonchev–Trinajstić information content (AvgIpc) is 2.22. The van der Waals surface area contributed by atoms with Crippen molar-refractivity contribution < 1.29 is 18.0 Å². The first-order valence-electron chi connectivity index (χ1n) is 6.60. The van der Waals surface area contributed by atoms with E-state index in [0.29, 0.717) is 12.8 Å². The Morgan fingerprint density at radius 2 is 1.79 bits per heavy atom. The normalized spacial score (nSPS) is 14.3. The van der Waals surface area contributed by atoms with E-state index < -0.39 is 12.6 Å². The van der Waals surface area contributed by atoms with Crippen molar-refractivity contribution in [3.63, 3.8) is 0 Å². The minimum atomic E-state index is -4.12. The average molecular weight is 282 g/mol. The van der Waals surface area contributed by atoms with Crippen molar-refractivity contribution in [2.45, 2.75) is 52.6 Å². The first-order valence-corrected chi connectivity index (χ1v) is 6.60. The van der Waals surface area contributed by atoms with Gasteiger partial charge in [0, 0.05) is 19.5 Å². The van der Waals surface area contributed by atoms with Crippen LogP contribution < -0.4 is 11.1 Å². The third-order valence-electron chi connectivity index (χ3n) is 2.70. The van der Waals surface area contributed by atoms with Crippen molar-refractivity contribution in [1.82, 2.24) is 5.32 Å². The van der Waals surface area contributed by atoms with E-state index in [1.54, 1.807) is 0 Å². The Hall–Kier alpha value is -0.780. The largest absolute Gasteiger partial charge is 0.389 e. The standard InChI is InChI=1S/C13H25F3N2O/c1-12(2,3)8-10(9-17)11(19)18-7-5-4-6-13(14,15)16/h10H,4-9,17H2,1-3H3,(H,18,19). The maximum absolute atomic E-state index is 11.9. The van der Waals surface area contributed by atoms with E-state index in [4.69, 9.17) is 5.73 Å². The molecule has 0 aliphatic rings. The van der Waals surface area contributed by atoms with Gasteiger partial charge in [0.05, 0.1) is 5.92 Å². The fourth-order valence-corrected chi connectivity index (χ4v) is 1.83. The lowest BCUT2D eigenvalue weighted by molar-refractivity contribution is -0.135. The van der Waals surface area contributed by atoms with Crippen LogP contribution in [-0.4, -0.2) is 25.2 Å². The second kappa shape index (κ2) is 7.72. The molecule has 0 aliphatic heterocycles. The number of hydrogen-bond donors (Lipinski definition) is 2. The molecule has 0 saturated carbocycles. The molecule has 0 rings (SSSR count). The molecule has 0 aromatic heterocycles. The number of amides is 1. The molecule has 1 unspecified atom stereocenters. The summed E-state index contributed by atoms with van der Waals surface area (Å²) >= 11 is 0. The number of alkyl halides is 3. The Morgan fingerprint density at radius 3 is 2.21 bits per heavy atom. The number of unbranched alkanes of at least 4 members (excludes halogenated alkanes) is 1. The van der Waals surface area contributed by atoms with Gasteiger partial charge in [0.15, 0.2) is 0 Å². The van der Waals surface area contributed by atoms with E-state index in [2.05, 4.69) is 5.32 Å². The summed E-state index contributed by atoms with van der Waals surface area (Å²) < 4.78 is 35.7. The molecule has 0 fully saturated rings. The molecular formula is C13H25F3N2O. The molecule has 19 heavy (non-hydrogen) atoms. The van der Waals surface area contributed by atoms with Crippen LogP contribution in [0.1, 0.15) is 46.5 Å². The van der Waals surface area contributed by atoms with E-state index in [9.17, 15) is 18.0 Å². The van der Waals surface area contributed by atoms with Crippen molar-refractivity contribution in [3.8, 4) is 0 Å². The fraction of sp³-hybridized carbons (Fsp3) is 0.923. The Bertz CT molecular complexity index is 272. The smallest absolute Gasteiger partial charge is 0.356 e. The molecule has 0 saturated heterocycles. The fourth-order valence-electron chi connectivity index (χ4n) is 1.83. The van der Waals surface area contributed by atoms with Crippen LogP contribution in [0.4, 0.5) is 13.2 Å². The zero-order valence-corrected chi connectivity index (χ0v) is 11.9. The minimum absolute atomic E-state index is 0.00232. The molecule has 0 bridgehead atoms. The molecule has 3 nitrogen and oxygen atoms in total. The van der Waals surface area contributed by atoms with Crippen molar-refractivity contribution in [2.75, 3.05) is 13.1 Å². The van der Waals surface area contributed by atoms with Gasteiger partial charge in [-0.3, -0.25) is 4.79 Å². The second-order valence-corrected chi connectivity index (χ2v) is 6.06. The van der Waals surface area contributed by atoms with Crippen molar-refractivity contribution in [2.24, 2.45) is 17.1 Å². The highest BCUT2D eigenvalue weighted by molar-refractivity contribution is 5.78. The summed E-state index contributed by atoms with van der Waals surface area (Å²) in [5.41, 5.74) is 5.56. The number of carbonyl (C=O) groups excluding carboxylic acids is 1. The van der Waals surface area contributed by atoms with Gasteiger partial charge in [-0.2, -0.15) is 13.2 Å². The van der Waals surface area contributed by atoms with Crippen LogP contribution in [0.5, 0.6) is 0 Å². The summed E-state index contributed by atoms with van der Waals surface area (Å²) in [6, 6.07) is 0. The molecule has 1 atom stereocenters. The van der Waals surface area contributed by atoms with Gasteiger partial charge >= 0.3 is 6.18 Å². The summed E-state index contributed by atoms with van der Waals surface area (Å²) in [7, 11) is 0. The lowest BCUT2D eigenvalue weighted by Gasteiger charge is -2.24. The van der Waals surface area contributed by atoms with Crippen LogP contribution in [0.3, 0.4) is 0 Å². The molecule has 0 heterocycles. The van der Waals surface area contributed by atoms with Crippen LogP contribution in [0.2, 0.25) is 0 Å². The number of carbonyl (C=O) groups is 1. The maximum Gasteiger partial charge on any atom is 0.389 e. The first-order chi connectivity index (χ1) is 8.55. The van der Waals surface area contributed by atoms with Gasteiger partial charge in [-0.25, -0.2) is 0 Å². The molecular weight excluding hydrogens is 257 g/mol. The quantitative estimate of drug-likeness (QED) is 0.705. The highest BCUT2D eigenvalue weighted by Crippen LogP contribution is 2.24. The van der Waals surface area contributed by atoms with Crippen LogP contribution in [0, 0.1) is 11.3 Å². The van der Waals surface area contributed by atoms with E-state index in [0.717, 1.165) is 0 Å². The van der Waals surface area contributed by atoms with Gasteiger partial charge in [-0.05, 0) is 24.7 Å². The number of nitrogens with one attached hydrogen (secondary N) is 1. The number of halogens is 3. The van der Waals surface area contributed by atoms with E-state index in [1.807, 2.05) is 20.8 Å². The first kappa shape index (κ1) is 18.2. The van der Waals surface area contributed by atoms with Crippen molar-refractivity contribution in [3.05, 3.63) is 0 Å². The number of hydrogen-bond acceptors (Lipinski definition) is 2. The van der Waals surface area contributed by atoms with Gasteiger partial charge in [0.2, 0.25) is 5.91 Å². The van der Waals surface area contributed by atoms with Gasteiger partial charge < -0.3 is 11.1 Å². The summed E-state index contributed by atoms with van der Waals surface area (Å²) in [6.07, 6.45) is -3.88. The SMILES string of the molecule is CC(C)(C)CC(CN)C(=O)NCCCCC(F)(F)F. The highest BCUT2D eigenvalue weighted by Gasteiger charge is 2.26. The molecule has 0 radical (unpaired) electrons. The summed E-state index contributed by atoms with van der Waals surface area (Å²) in [5.74, 6) is -0.438. The number of nitrogens with two attached hydrogens (primary N) is 1. The van der Waals surface area contributed by atoms with Gasteiger partial charge in [0.25, 0.3) is 0 Å². The van der Waals surface area contributed by atoms with Crippen LogP contribution in [-0.2, 0) is 4.79 Å². The zero-order valence-electron chi connectivity index (χ0n) is 11.9. The van der Waals surface area contributed by atoms with E-state index in [1.165, 1.54) is 0 Å². The third-order valence-corrected chi connectivity index (χ3v) is 2.70. The topological polar surface area (TPSA) is 55.1 Å². The molecule has 114 valence electrons. The van der Waals surface area contributed by atoms with Crippen LogP contribution in [0.25, 0.3) is 0 Å². The highest BCUT2D eigenvalue weighted by atomic mass is 19.4. The predicted molar refractivity (Wildman–Crippen MR) is 69.5 cm³/mol. The predicted octanol–water partition coefficient (Wildman–Crippen LogP) is 2.85. The monoisotopic (exact) mass is 282 g/mol. The van der Waals surface area contributed by atoms with Gasteiger partial charge in [-0.15, -0.1) is 0 Å². The maximum atomic E-state index is 11.9. The molecule has 0 aromatic carbocycles. The lowest BCUT2D eigenvalue weighted by Crippen LogP contribution is -2.37. The van der Waals surface area contributed by atoms with Crippen LogP contribution >= 0.6 is 0 Å². The van der Waals surface area contributed by atoms with Crippen LogP contribution in [0.15, 0.2) is 0 Å². The Kier molecular flexibility index (Phi) is 7.41. The Balaban J connectivity index is 3.89. The third kappa shape index (κ3) is 10.8. The molecule has 0 aliphatic carbocycles. The Labute approximate surface area is 113 Å². The number of rotatable bonds is 7. The van der Waals surface area contributed by atoms with E-state index >= 15 is 0 Å². The second-order valence-electron chi connectivity index (χ2n) is 6.06. The van der Waals surface area contributed by atoms with Gasteiger partial charge in [-0.1, -0.05) is 20.8 Å². The minimum Gasteiger partial charge on any atom is -0.356 e. The molecule has 3 N–H and O–H groups in total.